The van der Waals surface area contributed by atoms with Crippen LogP contribution in [0.3, 0.4) is 0 Å². The predicted octanol–water partition coefficient (Wildman–Crippen LogP) is 5.82. The Kier molecular flexibility index (Phi) is 2.18. The lowest BCUT2D eigenvalue weighted by molar-refractivity contribution is 1.46. The topological polar surface area (TPSA) is 0 Å². The van der Waals surface area contributed by atoms with E-state index in [9.17, 15) is 0 Å². The highest BCUT2D eigenvalue weighted by Gasteiger charge is 2.14. The van der Waals surface area contributed by atoms with Gasteiger partial charge in [0.2, 0.25) is 0 Å². The van der Waals surface area contributed by atoms with E-state index in [2.05, 4.69) is 64.1 Å². The van der Waals surface area contributed by atoms with Gasteiger partial charge in [0.05, 0.1) is 0 Å². The maximum Gasteiger partial charge on any atom is -0.00187 e. The van der Waals surface area contributed by atoms with Crippen molar-refractivity contribution in [2.75, 3.05) is 0 Å². The summed E-state index contributed by atoms with van der Waals surface area (Å²) in [4.78, 5) is 0. The van der Waals surface area contributed by atoms with Gasteiger partial charge < -0.3 is 0 Å². The van der Waals surface area contributed by atoms with Crippen LogP contribution in [0.2, 0.25) is 0 Å². The van der Waals surface area contributed by atoms with Crippen LogP contribution < -0.4 is 0 Å². The van der Waals surface area contributed by atoms with Gasteiger partial charge >= 0.3 is 0 Å². The molecule has 4 aromatic carbocycles. The second-order valence-corrected chi connectivity index (χ2v) is 6.10. The second kappa shape index (κ2) is 3.73. The summed E-state index contributed by atoms with van der Waals surface area (Å²) >= 11 is 0. The van der Waals surface area contributed by atoms with Crippen LogP contribution in [0.1, 0.15) is 22.3 Å². The van der Waals surface area contributed by atoms with Crippen molar-refractivity contribution in [2.24, 2.45) is 0 Å². The monoisotopic (exact) mass is 258 g/mol. The molecule has 0 aliphatic carbocycles. The van der Waals surface area contributed by atoms with Gasteiger partial charge in [0.25, 0.3) is 0 Å². The largest absolute Gasteiger partial charge is 0.0581 e. The molecule has 0 radical (unpaired) electrons. The fourth-order valence-corrected chi connectivity index (χ4v) is 3.73. The highest BCUT2D eigenvalue weighted by Crippen LogP contribution is 2.40. The van der Waals surface area contributed by atoms with E-state index in [1.54, 1.807) is 0 Å². The summed E-state index contributed by atoms with van der Waals surface area (Å²) in [7, 11) is 0. The molecule has 0 unspecified atom stereocenters. The summed E-state index contributed by atoms with van der Waals surface area (Å²) < 4.78 is 0. The zero-order chi connectivity index (χ0) is 14.0. The Balaban J connectivity index is 2.51. The Hall–Kier alpha value is -2.08. The Morgan fingerprint density at radius 3 is 2.05 bits per heavy atom. The molecular formula is C20H18. The molecule has 98 valence electrons. The molecule has 0 amide bonds. The minimum Gasteiger partial charge on any atom is -0.0581 e. The van der Waals surface area contributed by atoms with Crippen molar-refractivity contribution in [1.29, 1.82) is 0 Å². The molecule has 0 aliphatic rings. The summed E-state index contributed by atoms with van der Waals surface area (Å²) in [5.41, 5.74) is 5.51. The molecule has 0 nitrogen and oxygen atoms in total. The molecular weight excluding hydrogens is 240 g/mol. The first-order chi connectivity index (χ1) is 9.58. The van der Waals surface area contributed by atoms with Crippen molar-refractivity contribution in [3.8, 4) is 0 Å². The number of hydrogen-bond donors (Lipinski definition) is 0. The van der Waals surface area contributed by atoms with E-state index in [-0.39, 0.29) is 0 Å². The third kappa shape index (κ3) is 1.31. The molecule has 0 atom stereocenters. The standard InChI is InChI=1S/C20H18/c1-11-5-7-15-9-13(3)16-8-6-12(2)18-14(4)10-17(11)19(15)20(16)18/h5-10H,1-4H3. The molecule has 20 heavy (non-hydrogen) atoms. The van der Waals surface area contributed by atoms with Crippen LogP contribution in [0.25, 0.3) is 32.3 Å². The molecule has 0 bridgehead atoms. The third-order valence-corrected chi connectivity index (χ3v) is 4.71. The lowest BCUT2D eigenvalue weighted by Crippen LogP contribution is -1.92. The molecule has 0 saturated heterocycles. The number of benzene rings is 4. The van der Waals surface area contributed by atoms with Gasteiger partial charge in [-0.2, -0.15) is 0 Å². The average Bonchev–Trinajstić information content (AvgIpc) is 2.41. The van der Waals surface area contributed by atoms with Gasteiger partial charge in [-0.25, -0.2) is 0 Å². The minimum atomic E-state index is 1.37. The quantitative estimate of drug-likeness (QED) is 0.349. The maximum absolute atomic E-state index is 2.36. The van der Waals surface area contributed by atoms with Crippen molar-refractivity contribution in [1.82, 2.24) is 0 Å². The summed E-state index contributed by atoms with van der Waals surface area (Å²) in [5.74, 6) is 0. The van der Waals surface area contributed by atoms with E-state index >= 15 is 0 Å². The second-order valence-electron chi connectivity index (χ2n) is 6.10. The van der Waals surface area contributed by atoms with Gasteiger partial charge in [-0.15, -0.1) is 0 Å². The molecule has 0 aromatic heterocycles. The van der Waals surface area contributed by atoms with Crippen molar-refractivity contribution < 1.29 is 0 Å². The van der Waals surface area contributed by atoms with Crippen molar-refractivity contribution >= 4 is 32.3 Å². The Morgan fingerprint density at radius 2 is 1.25 bits per heavy atom. The van der Waals surface area contributed by atoms with E-state index in [1.165, 1.54) is 54.6 Å². The first-order valence-electron chi connectivity index (χ1n) is 7.23. The Morgan fingerprint density at radius 1 is 0.500 bits per heavy atom. The molecule has 0 heteroatoms. The van der Waals surface area contributed by atoms with Crippen LogP contribution in [0.5, 0.6) is 0 Å². The molecule has 0 fully saturated rings. The van der Waals surface area contributed by atoms with Gasteiger partial charge in [0.1, 0.15) is 0 Å². The molecule has 0 spiro atoms. The van der Waals surface area contributed by atoms with Gasteiger partial charge in [-0.05, 0) is 82.3 Å². The van der Waals surface area contributed by atoms with E-state index in [0.29, 0.717) is 0 Å². The van der Waals surface area contributed by atoms with E-state index in [1.807, 2.05) is 0 Å². The van der Waals surface area contributed by atoms with Crippen molar-refractivity contribution in [3.63, 3.8) is 0 Å². The Labute approximate surface area is 119 Å². The minimum absolute atomic E-state index is 1.37. The van der Waals surface area contributed by atoms with Gasteiger partial charge in [-0.1, -0.05) is 36.4 Å². The Bertz CT molecular complexity index is 974. The third-order valence-electron chi connectivity index (χ3n) is 4.71. The molecule has 0 N–H and O–H groups in total. The van der Waals surface area contributed by atoms with Gasteiger partial charge in [-0.3, -0.25) is 0 Å². The van der Waals surface area contributed by atoms with Gasteiger partial charge in [0, 0.05) is 0 Å². The smallest absolute Gasteiger partial charge is 0.00187 e. The van der Waals surface area contributed by atoms with Crippen LogP contribution >= 0.6 is 0 Å². The van der Waals surface area contributed by atoms with E-state index in [4.69, 9.17) is 0 Å². The molecule has 0 heterocycles. The summed E-state index contributed by atoms with van der Waals surface area (Å²) in [5, 5.41) is 8.51. The summed E-state index contributed by atoms with van der Waals surface area (Å²) in [6.07, 6.45) is 0. The van der Waals surface area contributed by atoms with E-state index < -0.39 is 0 Å². The van der Waals surface area contributed by atoms with Crippen molar-refractivity contribution in [2.45, 2.75) is 27.7 Å². The van der Waals surface area contributed by atoms with Crippen LogP contribution in [0.4, 0.5) is 0 Å². The lowest BCUT2D eigenvalue weighted by Gasteiger charge is -2.17. The predicted molar refractivity (Wildman–Crippen MR) is 89.1 cm³/mol. The molecule has 4 rings (SSSR count). The fraction of sp³-hybridized carbons (Fsp3) is 0.200. The first-order valence-corrected chi connectivity index (χ1v) is 7.23. The first kappa shape index (κ1) is 11.7. The number of rotatable bonds is 0. The summed E-state index contributed by atoms with van der Waals surface area (Å²) in [6.45, 7) is 8.90. The van der Waals surface area contributed by atoms with Crippen LogP contribution in [0.15, 0.2) is 36.4 Å². The van der Waals surface area contributed by atoms with E-state index in [0.717, 1.165) is 0 Å². The highest BCUT2D eigenvalue weighted by molar-refractivity contribution is 6.25. The maximum atomic E-state index is 2.36. The average molecular weight is 258 g/mol. The van der Waals surface area contributed by atoms with Gasteiger partial charge in [0.15, 0.2) is 0 Å². The summed E-state index contributed by atoms with van der Waals surface area (Å²) in [6, 6.07) is 13.7. The van der Waals surface area contributed by atoms with Crippen LogP contribution in [-0.4, -0.2) is 0 Å². The number of aryl methyl sites for hydroxylation is 4. The number of hydrogen-bond acceptors (Lipinski definition) is 0. The zero-order valence-electron chi connectivity index (χ0n) is 12.5. The SMILES string of the molecule is Cc1ccc2cc(C)c3ccc(C)c4c(C)cc1c2c34. The van der Waals surface area contributed by atoms with Crippen molar-refractivity contribution in [3.05, 3.63) is 58.7 Å². The lowest BCUT2D eigenvalue weighted by atomic mass is 9.86. The van der Waals surface area contributed by atoms with Crippen LogP contribution in [0, 0.1) is 27.7 Å². The molecule has 0 saturated carbocycles. The molecule has 0 aliphatic heterocycles. The highest BCUT2D eigenvalue weighted by atomic mass is 14.2. The molecule has 4 aromatic rings. The fourth-order valence-electron chi connectivity index (χ4n) is 3.73. The van der Waals surface area contributed by atoms with Crippen LogP contribution in [-0.2, 0) is 0 Å². The zero-order valence-corrected chi connectivity index (χ0v) is 12.5. The normalized spacial score (nSPS) is 12.0.